The third-order valence-corrected chi connectivity index (χ3v) is 135. The van der Waals surface area contributed by atoms with E-state index in [1.807, 2.05) is 62.3 Å². The average molecular weight is 631 g/mol. The molecule has 0 nitrogen and oxygen atoms in total. The Bertz CT molecular complexity index is 503. The van der Waals surface area contributed by atoms with Crippen molar-refractivity contribution in [2.45, 2.75) is 77.4 Å². The Hall–Kier alpha value is 3.69. The molecule has 0 radical (unpaired) electrons. The standard InChI is InChI=1S/C12H27Cl9Si5/c1-10(2,3)22(13,14)25(19,20)26(21,23(15,16)11(4,5)6)24(17,18)12(7,8)9/h1-9H3. The largest absolute Gasteiger partial charge is 0.280 e. The predicted molar refractivity (Wildman–Crippen MR) is 141 cm³/mol. The lowest BCUT2D eigenvalue weighted by Crippen LogP contribution is -2.86. The lowest BCUT2D eigenvalue weighted by molar-refractivity contribution is 0.747. The molecule has 0 heterocycles. The molecule has 0 bridgehead atoms. The molecule has 0 aromatic rings. The van der Waals surface area contributed by atoms with Crippen LogP contribution in [0.1, 0.15) is 62.3 Å². The van der Waals surface area contributed by atoms with E-state index >= 15 is 0 Å². The molecular weight excluding hydrogens is 604 g/mol. The molecule has 0 saturated heterocycles. The minimum absolute atomic E-state index is 0.550. The van der Waals surface area contributed by atoms with E-state index in [0.29, 0.717) is 0 Å². The van der Waals surface area contributed by atoms with E-state index in [1.165, 1.54) is 0 Å². The Morgan fingerprint density at radius 1 is 0.385 bits per heavy atom. The van der Waals surface area contributed by atoms with Gasteiger partial charge in [-0.3, -0.25) is 0 Å². The highest BCUT2D eigenvalue weighted by atomic mass is 35.8. The normalized spacial score (nSPS) is 16.8. The summed E-state index contributed by atoms with van der Waals surface area (Å²) in [6.45, 7) is 17.2. The molecule has 0 aliphatic carbocycles. The zero-order valence-corrected chi connectivity index (χ0v) is 28.2. The zero-order chi connectivity index (χ0) is 22.0. The van der Waals surface area contributed by atoms with Gasteiger partial charge in [0.2, 0.25) is 5.94 Å². The van der Waals surface area contributed by atoms with Crippen LogP contribution in [0.3, 0.4) is 0 Å². The molecule has 0 fully saturated rings. The van der Waals surface area contributed by atoms with Crippen molar-refractivity contribution in [2.75, 3.05) is 0 Å². The second-order valence-corrected chi connectivity index (χ2v) is 74.1. The first-order chi connectivity index (χ1) is 10.8. The second kappa shape index (κ2) is 8.24. The summed E-state index contributed by atoms with van der Waals surface area (Å²) in [4.78, 5) is 0. The van der Waals surface area contributed by atoms with Crippen LogP contribution < -0.4 is 0 Å². The van der Waals surface area contributed by atoms with Gasteiger partial charge in [0.25, 0.3) is 24.4 Å². The van der Waals surface area contributed by atoms with Crippen molar-refractivity contribution in [3.05, 3.63) is 0 Å². The molecule has 0 unspecified atom stereocenters. The van der Waals surface area contributed by atoms with Gasteiger partial charge in [-0.15, -0.1) is 88.6 Å². The quantitative estimate of drug-likeness (QED) is 0.214. The Kier molecular flexibility index (Phi) is 9.41. The fourth-order valence-electron chi connectivity index (χ4n) is 2.31. The van der Waals surface area contributed by atoms with E-state index in [0.717, 1.165) is 0 Å². The van der Waals surface area contributed by atoms with Gasteiger partial charge in [-0.2, -0.15) is 11.1 Å². The van der Waals surface area contributed by atoms with Gasteiger partial charge in [0.05, 0.1) is 0 Å². The van der Waals surface area contributed by atoms with Gasteiger partial charge >= 0.3 is 0 Å². The van der Waals surface area contributed by atoms with E-state index < -0.39 is 45.4 Å². The Labute approximate surface area is 205 Å². The fraction of sp³-hybridized carbons (Fsp3) is 1.00. The van der Waals surface area contributed by atoms with E-state index in [-0.39, 0.29) is 0 Å². The van der Waals surface area contributed by atoms with Crippen molar-refractivity contribution in [1.29, 1.82) is 0 Å². The number of hydrogen-bond acceptors (Lipinski definition) is 0. The summed E-state index contributed by atoms with van der Waals surface area (Å²) in [5, 5.41) is -1.67. The fourth-order valence-corrected chi connectivity index (χ4v) is 175. The van der Waals surface area contributed by atoms with Crippen LogP contribution in [0.2, 0.25) is 15.1 Å². The van der Waals surface area contributed by atoms with Crippen LogP contribution in [0.4, 0.5) is 0 Å². The summed E-state index contributed by atoms with van der Waals surface area (Å²) < 4.78 is 0. The Morgan fingerprint density at radius 2 is 0.577 bits per heavy atom. The summed E-state index contributed by atoms with van der Waals surface area (Å²) >= 11 is 64.2. The van der Waals surface area contributed by atoms with Crippen LogP contribution in [-0.4, -0.2) is 30.3 Å². The molecule has 26 heavy (non-hydrogen) atoms. The van der Waals surface area contributed by atoms with Crippen molar-refractivity contribution >= 4 is 130 Å². The summed E-state index contributed by atoms with van der Waals surface area (Å²) in [7, 11) is 0. The molecule has 0 N–H and O–H groups in total. The highest BCUT2D eigenvalue weighted by Crippen LogP contribution is 2.67. The topological polar surface area (TPSA) is 0 Å². The van der Waals surface area contributed by atoms with Crippen LogP contribution in [0, 0.1) is 0 Å². The van der Waals surface area contributed by atoms with Crippen LogP contribution in [0.25, 0.3) is 0 Å². The molecule has 0 aromatic carbocycles. The molecule has 0 spiro atoms. The lowest BCUT2D eigenvalue weighted by Gasteiger charge is -2.57. The molecule has 158 valence electrons. The van der Waals surface area contributed by atoms with Crippen LogP contribution >= 0.6 is 99.7 Å². The van der Waals surface area contributed by atoms with Gasteiger partial charge in [0.1, 0.15) is 0 Å². The van der Waals surface area contributed by atoms with Crippen LogP contribution in [0.15, 0.2) is 0 Å². The van der Waals surface area contributed by atoms with Gasteiger partial charge in [-0.1, -0.05) is 62.3 Å². The number of rotatable bonds is 4. The van der Waals surface area contributed by atoms with Crippen LogP contribution in [-0.2, 0) is 0 Å². The van der Waals surface area contributed by atoms with Gasteiger partial charge < -0.3 is 0 Å². The Morgan fingerprint density at radius 3 is 0.731 bits per heavy atom. The summed E-state index contributed by atoms with van der Waals surface area (Å²) in [6.07, 6.45) is -10.2. The predicted octanol–water partition coefficient (Wildman–Crippen LogP) is 9.56. The number of hydrogen-bond donors (Lipinski definition) is 0. The van der Waals surface area contributed by atoms with E-state index in [4.69, 9.17) is 99.7 Å². The van der Waals surface area contributed by atoms with Gasteiger partial charge in [0.15, 0.2) is 0 Å². The van der Waals surface area contributed by atoms with Crippen molar-refractivity contribution in [2.24, 2.45) is 0 Å². The second-order valence-electron chi connectivity index (χ2n) is 9.71. The SMILES string of the molecule is CC(C)(C)[Si](Cl)(Cl)[Si](Cl)(Cl)[Si](Cl)([Si](Cl)(Cl)C(C)(C)C)[Si](Cl)(Cl)C(C)(C)C. The highest BCUT2D eigenvalue weighted by molar-refractivity contribution is 8.33. The first kappa shape index (κ1) is 29.7. The first-order valence-electron chi connectivity index (χ1n) is 7.95. The van der Waals surface area contributed by atoms with E-state index in [9.17, 15) is 0 Å². The van der Waals surface area contributed by atoms with E-state index in [2.05, 4.69) is 0 Å². The average Bonchev–Trinajstić information content (AvgIpc) is 2.32. The van der Waals surface area contributed by atoms with Crippen molar-refractivity contribution in [3.63, 3.8) is 0 Å². The first-order valence-corrected chi connectivity index (χ1v) is 31.1. The highest BCUT2D eigenvalue weighted by Gasteiger charge is 2.87. The van der Waals surface area contributed by atoms with Crippen molar-refractivity contribution in [3.8, 4) is 0 Å². The lowest BCUT2D eigenvalue weighted by atomic mass is 10.3. The maximum absolute atomic E-state index is 7.47. The molecule has 0 aliphatic heterocycles. The van der Waals surface area contributed by atoms with E-state index in [1.54, 1.807) is 0 Å². The molecule has 0 aliphatic rings. The Balaban J connectivity index is 7.27. The molecular formula is C12H27Cl9Si5. The van der Waals surface area contributed by atoms with Gasteiger partial charge in [-0.05, 0) is 15.1 Å². The molecule has 14 heteroatoms. The monoisotopic (exact) mass is 626 g/mol. The molecule has 0 atom stereocenters. The number of halogens is 9. The summed E-state index contributed by atoms with van der Waals surface area (Å²) in [5.41, 5.74) is -3.70. The summed E-state index contributed by atoms with van der Waals surface area (Å²) in [5.74, 6) is -3.67. The zero-order valence-electron chi connectivity index (χ0n) is 16.4. The minimum Gasteiger partial charge on any atom is -0.168 e. The maximum Gasteiger partial charge on any atom is 0.280 e. The van der Waals surface area contributed by atoms with Crippen molar-refractivity contribution < 1.29 is 0 Å². The minimum atomic E-state index is -3.70. The third-order valence-electron chi connectivity index (χ3n) is 4.52. The maximum atomic E-state index is 7.47. The van der Waals surface area contributed by atoms with Gasteiger partial charge in [0, 0.05) is 0 Å². The molecule has 0 saturated carbocycles. The third kappa shape index (κ3) is 4.44. The molecule has 0 rings (SSSR count). The molecule has 0 amide bonds. The van der Waals surface area contributed by atoms with Crippen molar-refractivity contribution in [1.82, 2.24) is 0 Å². The van der Waals surface area contributed by atoms with Crippen LogP contribution in [0.5, 0.6) is 0 Å². The molecule has 0 aromatic heterocycles. The smallest absolute Gasteiger partial charge is 0.168 e. The van der Waals surface area contributed by atoms with Gasteiger partial charge in [-0.25, -0.2) is 0 Å². The summed E-state index contributed by atoms with van der Waals surface area (Å²) in [6, 6.07) is 0.